The van der Waals surface area contributed by atoms with E-state index in [2.05, 4.69) is 24.3 Å². The fourth-order valence-electron chi connectivity index (χ4n) is 3.58. The smallest absolute Gasteiger partial charge is 0.226 e. The Labute approximate surface area is 154 Å². The van der Waals surface area contributed by atoms with Gasteiger partial charge in [-0.05, 0) is 50.8 Å². The number of fused-ring (bicyclic) bond motifs is 1. The summed E-state index contributed by atoms with van der Waals surface area (Å²) in [5, 5.41) is 7.58. The summed E-state index contributed by atoms with van der Waals surface area (Å²) in [6.45, 7) is 8.04. The molecule has 2 aromatic rings. The second-order valence-corrected chi connectivity index (χ2v) is 6.67. The Morgan fingerprint density at radius 3 is 2.92 bits per heavy atom. The fourth-order valence-corrected chi connectivity index (χ4v) is 3.58. The molecule has 26 heavy (non-hydrogen) atoms. The van der Waals surface area contributed by atoms with Crippen LogP contribution in [0.3, 0.4) is 0 Å². The van der Waals surface area contributed by atoms with Crippen LogP contribution >= 0.6 is 0 Å². The van der Waals surface area contributed by atoms with Gasteiger partial charge >= 0.3 is 0 Å². The molecule has 1 aromatic carbocycles. The van der Waals surface area contributed by atoms with Gasteiger partial charge in [-0.3, -0.25) is 9.48 Å². The van der Waals surface area contributed by atoms with Gasteiger partial charge < -0.3 is 14.8 Å². The van der Waals surface area contributed by atoms with Gasteiger partial charge in [-0.1, -0.05) is 12.1 Å². The molecule has 0 saturated heterocycles. The molecular formula is C20H27N3O3. The van der Waals surface area contributed by atoms with E-state index >= 15 is 0 Å². The molecule has 0 spiro atoms. The van der Waals surface area contributed by atoms with Crippen LogP contribution < -0.4 is 14.8 Å². The minimum absolute atomic E-state index is 0.0386. The van der Waals surface area contributed by atoms with Crippen molar-refractivity contribution in [2.24, 2.45) is 5.92 Å². The lowest BCUT2D eigenvalue weighted by atomic mass is 9.95. The molecule has 0 aliphatic carbocycles. The van der Waals surface area contributed by atoms with Gasteiger partial charge in [-0.25, -0.2) is 0 Å². The highest BCUT2D eigenvalue weighted by atomic mass is 16.5. The number of nitrogens with zero attached hydrogens (tertiary/aromatic N) is 2. The normalized spacial score (nSPS) is 15.9. The predicted molar refractivity (Wildman–Crippen MR) is 99.8 cm³/mol. The minimum atomic E-state index is -0.171. The van der Waals surface area contributed by atoms with Crippen LogP contribution in [-0.4, -0.2) is 35.9 Å². The van der Waals surface area contributed by atoms with Crippen LogP contribution in [0.15, 0.2) is 18.2 Å². The number of carbonyl (C=O) groups excluding carboxylic acids is 1. The number of rotatable bonds is 6. The average molecular weight is 357 g/mol. The molecule has 3 rings (SSSR count). The lowest BCUT2D eigenvalue weighted by Gasteiger charge is -2.25. The third kappa shape index (κ3) is 3.54. The molecule has 1 atom stereocenters. The maximum absolute atomic E-state index is 12.5. The molecule has 2 heterocycles. The van der Waals surface area contributed by atoms with Crippen molar-refractivity contribution < 1.29 is 14.3 Å². The summed E-state index contributed by atoms with van der Waals surface area (Å²) in [7, 11) is 1.63. The van der Waals surface area contributed by atoms with Crippen molar-refractivity contribution in [2.75, 3.05) is 20.3 Å². The van der Waals surface area contributed by atoms with E-state index in [1.54, 1.807) is 7.11 Å². The summed E-state index contributed by atoms with van der Waals surface area (Å²) >= 11 is 0. The molecule has 1 aliphatic heterocycles. The summed E-state index contributed by atoms with van der Waals surface area (Å²) in [6.07, 6.45) is 1.46. The molecule has 6 nitrogen and oxygen atoms in total. The highest BCUT2D eigenvalue weighted by molar-refractivity contribution is 5.79. The van der Waals surface area contributed by atoms with E-state index in [0.29, 0.717) is 19.6 Å². The summed E-state index contributed by atoms with van der Waals surface area (Å²) in [6, 6.07) is 5.79. The van der Waals surface area contributed by atoms with Gasteiger partial charge in [-0.15, -0.1) is 0 Å². The van der Waals surface area contributed by atoms with Crippen LogP contribution in [0, 0.1) is 19.8 Å². The van der Waals surface area contributed by atoms with Crippen LogP contribution in [0.4, 0.5) is 0 Å². The third-order valence-corrected chi connectivity index (χ3v) is 5.05. The molecule has 0 fully saturated rings. The second-order valence-electron chi connectivity index (χ2n) is 6.67. The van der Waals surface area contributed by atoms with Crippen LogP contribution in [0.2, 0.25) is 0 Å². The molecule has 140 valence electrons. The Kier molecular flexibility index (Phi) is 5.49. The van der Waals surface area contributed by atoms with Gasteiger partial charge in [0, 0.05) is 18.8 Å². The Morgan fingerprint density at radius 1 is 1.42 bits per heavy atom. The summed E-state index contributed by atoms with van der Waals surface area (Å²) in [4.78, 5) is 12.5. The minimum Gasteiger partial charge on any atom is -0.493 e. The zero-order chi connectivity index (χ0) is 18.7. The fraction of sp³-hybridized carbons (Fsp3) is 0.500. The van der Waals surface area contributed by atoms with Crippen molar-refractivity contribution in [3.63, 3.8) is 0 Å². The van der Waals surface area contributed by atoms with E-state index in [1.807, 2.05) is 29.8 Å². The number of hydrogen-bond acceptors (Lipinski definition) is 4. The summed E-state index contributed by atoms with van der Waals surface area (Å²) in [5.41, 5.74) is 4.47. The first-order chi connectivity index (χ1) is 12.5. The Morgan fingerprint density at radius 2 is 2.23 bits per heavy atom. The number of ether oxygens (including phenoxy) is 2. The molecule has 0 bridgehead atoms. The number of carbonyl (C=O) groups is 1. The predicted octanol–water partition coefficient (Wildman–Crippen LogP) is 2.44. The zero-order valence-electron chi connectivity index (χ0n) is 16.0. The average Bonchev–Trinajstić information content (AvgIpc) is 2.94. The molecule has 1 aliphatic rings. The highest BCUT2D eigenvalue weighted by Crippen LogP contribution is 2.36. The number of hydrogen-bond donors (Lipinski definition) is 1. The Hall–Kier alpha value is -2.50. The Balaban J connectivity index is 1.57. The van der Waals surface area contributed by atoms with E-state index in [-0.39, 0.29) is 11.8 Å². The second kappa shape index (κ2) is 7.81. The van der Waals surface area contributed by atoms with Crippen molar-refractivity contribution in [2.45, 2.75) is 40.2 Å². The maximum Gasteiger partial charge on any atom is 0.226 e. The zero-order valence-corrected chi connectivity index (χ0v) is 16.0. The number of aromatic nitrogens is 2. The van der Waals surface area contributed by atoms with E-state index in [9.17, 15) is 4.79 Å². The van der Waals surface area contributed by atoms with Gasteiger partial charge in [-0.2, -0.15) is 5.10 Å². The van der Waals surface area contributed by atoms with E-state index in [4.69, 9.17) is 9.47 Å². The summed E-state index contributed by atoms with van der Waals surface area (Å²) < 4.78 is 13.1. The van der Waals surface area contributed by atoms with Crippen molar-refractivity contribution in [3.05, 3.63) is 40.7 Å². The number of nitrogens with one attached hydrogen (secondary N) is 1. The molecule has 1 N–H and O–H groups in total. The van der Waals surface area contributed by atoms with Gasteiger partial charge in [0.1, 0.15) is 6.61 Å². The number of aryl methyl sites for hydroxylation is 2. The lowest BCUT2D eigenvalue weighted by Crippen LogP contribution is -2.38. The molecular weight excluding hydrogens is 330 g/mol. The SMILES string of the molecule is CCn1nc(C)c(CCNC(=O)[C@H]2COc3c(cccc3OC)C2)c1C. The van der Waals surface area contributed by atoms with Crippen LogP contribution in [0.5, 0.6) is 11.5 Å². The lowest BCUT2D eigenvalue weighted by molar-refractivity contribution is -0.126. The molecule has 1 aromatic heterocycles. The van der Waals surface area contributed by atoms with Crippen LogP contribution in [0.1, 0.15) is 29.4 Å². The molecule has 0 unspecified atom stereocenters. The maximum atomic E-state index is 12.5. The number of para-hydroxylation sites is 1. The first-order valence-corrected chi connectivity index (χ1v) is 9.14. The number of methoxy groups -OCH3 is 1. The van der Waals surface area contributed by atoms with Crippen molar-refractivity contribution >= 4 is 5.91 Å². The van der Waals surface area contributed by atoms with Gasteiger partial charge in [0.05, 0.1) is 18.7 Å². The van der Waals surface area contributed by atoms with Crippen molar-refractivity contribution in [1.82, 2.24) is 15.1 Å². The standard InChI is InChI=1S/C20H27N3O3/c1-5-23-14(3)17(13(2)22-23)9-10-21-20(24)16-11-15-7-6-8-18(25-4)19(15)26-12-16/h6-8,16H,5,9-12H2,1-4H3,(H,21,24)/t16-/m1/s1. The molecule has 0 radical (unpaired) electrons. The van der Waals surface area contributed by atoms with Crippen molar-refractivity contribution in [1.29, 1.82) is 0 Å². The van der Waals surface area contributed by atoms with Crippen molar-refractivity contribution in [3.8, 4) is 11.5 Å². The third-order valence-electron chi connectivity index (χ3n) is 5.05. The van der Waals surface area contributed by atoms with E-state index < -0.39 is 0 Å². The monoisotopic (exact) mass is 357 g/mol. The quantitative estimate of drug-likeness (QED) is 0.862. The first-order valence-electron chi connectivity index (χ1n) is 9.14. The first kappa shape index (κ1) is 18.3. The number of amides is 1. The largest absolute Gasteiger partial charge is 0.493 e. The highest BCUT2D eigenvalue weighted by Gasteiger charge is 2.27. The molecule has 1 amide bonds. The Bertz CT molecular complexity index is 798. The molecule has 6 heteroatoms. The summed E-state index contributed by atoms with van der Waals surface area (Å²) in [5.74, 6) is 1.35. The topological polar surface area (TPSA) is 65.4 Å². The van der Waals surface area contributed by atoms with E-state index in [1.165, 1.54) is 11.3 Å². The van der Waals surface area contributed by atoms with Gasteiger partial charge in [0.15, 0.2) is 11.5 Å². The van der Waals surface area contributed by atoms with Gasteiger partial charge in [0.2, 0.25) is 5.91 Å². The molecule has 0 saturated carbocycles. The van der Waals surface area contributed by atoms with E-state index in [0.717, 1.165) is 35.7 Å². The van der Waals surface area contributed by atoms with Gasteiger partial charge in [0.25, 0.3) is 0 Å². The number of benzene rings is 1. The van der Waals surface area contributed by atoms with Crippen LogP contribution in [-0.2, 0) is 24.2 Å². The van der Waals surface area contributed by atoms with Crippen LogP contribution in [0.25, 0.3) is 0 Å².